The van der Waals surface area contributed by atoms with Crippen LogP contribution in [0.15, 0.2) is 29.4 Å². The monoisotopic (exact) mass is 431 g/mol. The molecule has 2 aromatic heterocycles. The number of nitrogens with two attached hydrogens (primary N) is 1. The number of fused-ring (bicyclic) bond motifs is 1. The van der Waals surface area contributed by atoms with E-state index in [9.17, 15) is 5.26 Å². The standard InChI is InChI=1S/C23H29N9/c1-13-10-31(11-14(2)27-13)18-6-17(9-24)22(19(7-18)26-5)23(25)29-21-8-20-16(4)28-15(3)12-32(20)30-21/h6-8,12-14,26-27H,10-11H2,1-5H3,(H2,25,29,30). The third-order valence-electron chi connectivity index (χ3n) is 5.67. The lowest BCUT2D eigenvalue weighted by Gasteiger charge is -2.38. The first-order valence-electron chi connectivity index (χ1n) is 10.7. The molecule has 4 rings (SSSR count). The molecule has 2 atom stereocenters. The zero-order valence-corrected chi connectivity index (χ0v) is 19.1. The highest BCUT2D eigenvalue weighted by molar-refractivity contribution is 6.06. The Morgan fingerprint density at radius 3 is 2.62 bits per heavy atom. The zero-order valence-electron chi connectivity index (χ0n) is 19.1. The summed E-state index contributed by atoms with van der Waals surface area (Å²) >= 11 is 0. The van der Waals surface area contributed by atoms with E-state index in [1.807, 2.05) is 45.3 Å². The smallest absolute Gasteiger partial charge is 0.177 e. The van der Waals surface area contributed by atoms with Crippen LogP contribution in [-0.2, 0) is 0 Å². The van der Waals surface area contributed by atoms with Crippen LogP contribution in [0.3, 0.4) is 0 Å². The van der Waals surface area contributed by atoms with Gasteiger partial charge in [0.1, 0.15) is 11.9 Å². The van der Waals surface area contributed by atoms with Gasteiger partial charge in [-0.1, -0.05) is 0 Å². The van der Waals surface area contributed by atoms with Crippen molar-refractivity contribution >= 4 is 28.5 Å². The van der Waals surface area contributed by atoms with E-state index in [0.717, 1.165) is 41.4 Å². The van der Waals surface area contributed by atoms with E-state index in [2.05, 4.69) is 50.5 Å². The van der Waals surface area contributed by atoms with E-state index >= 15 is 0 Å². The van der Waals surface area contributed by atoms with Crippen molar-refractivity contribution in [3.05, 3.63) is 46.9 Å². The lowest BCUT2D eigenvalue weighted by Crippen LogP contribution is -2.54. The molecule has 1 aromatic carbocycles. The highest BCUT2D eigenvalue weighted by atomic mass is 15.3. The van der Waals surface area contributed by atoms with Crippen molar-refractivity contribution in [3.8, 4) is 6.07 Å². The predicted octanol–water partition coefficient (Wildman–Crippen LogP) is 2.48. The summed E-state index contributed by atoms with van der Waals surface area (Å²) in [6, 6.07) is 8.81. The average molecular weight is 432 g/mol. The summed E-state index contributed by atoms with van der Waals surface area (Å²) < 4.78 is 1.75. The van der Waals surface area contributed by atoms with Crippen molar-refractivity contribution in [1.29, 1.82) is 5.26 Å². The van der Waals surface area contributed by atoms with Crippen molar-refractivity contribution in [1.82, 2.24) is 19.9 Å². The molecule has 0 aliphatic carbocycles. The highest BCUT2D eigenvalue weighted by Crippen LogP contribution is 2.29. The third kappa shape index (κ3) is 4.09. The van der Waals surface area contributed by atoms with Gasteiger partial charge in [0.2, 0.25) is 0 Å². The first-order valence-corrected chi connectivity index (χ1v) is 10.7. The van der Waals surface area contributed by atoms with Gasteiger partial charge in [-0.15, -0.1) is 5.10 Å². The van der Waals surface area contributed by atoms with Gasteiger partial charge in [-0.05, 0) is 39.8 Å². The molecule has 1 saturated heterocycles. The minimum atomic E-state index is 0.241. The molecular formula is C23H29N9. The van der Waals surface area contributed by atoms with Gasteiger partial charge in [0.15, 0.2) is 5.82 Å². The van der Waals surface area contributed by atoms with E-state index in [4.69, 9.17) is 5.73 Å². The summed E-state index contributed by atoms with van der Waals surface area (Å²) in [7, 11) is 1.82. The van der Waals surface area contributed by atoms with Crippen molar-refractivity contribution < 1.29 is 0 Å². The number of hydrogen-bond acceptors (Lipinski definition) is 7. The molecule has 9 nitrogen and oxygen atoms in total. The Morgan fingerprint density at radius 1 is 1.25 bits per heavy atom. The largest absolute Gasteiger partial charge is 0.387 e. The lowest BCUT2D eigenvalue weighted by molar-refractivity contribution is 0.407. The molecule has 0 amide bonds. The Morgan fingerprint density at radius 2 is 1.97 bits per heavy atom. The maximum atomic E-state index is 9.91. The number of aromatic nitrogens is 3. The summed E-state index contributed by atoms with van der Waals surface area (Å²) in [5.41, 5.74) is 11.8. The molecule has 3 heterocycles. The minimum Gasteiger partial charge on any atom is -0.387 e. The van der Waals surface area contributed by atoms with E-state index in [-0.39, 0.29) is 5.84 Å². The second-order valence-corrected chi connectivity index (χ2v) is 8.45. The van der Waals surface area contributed by atoms with E-state index in [1.54, 1.807) is 4.52 Å². The molecule has 2 unspecified atom stereocenters. The molecule has 0 bridgehead atoms. The van der Waals surface area contributed by atoms with Crippen molar-refractivity contribution in [3.63, 3.8) is 0 Å². The van der Waals surface area contributed by atoms with Gasteiger partial charge in [0.25, 0.3) is 0 Å². The van der Waals surface area contributed by atoms with Crippen LogP contribution in [0.5, 0.6) is 0 Å². The maximum absolute atomic E-state index is 9.91. The first kappa shape index (κ1) is 21.6. The summed E-state index contributed by atoms with van der Waals surface area (Å²) in [5, 5.41) is 21.2. The van der Waals surface area contributed by atoms with Crippen LogP contribution in [0.25, 0.3) is 5.52 Å². The summed E-state index contributed by atoms with van der Waals surface area (Å²) in [5.74, 6) is 0.711. The van der Waals surface area contributed by atoms with Gasteiger partial charge in [0, 0.05) is 49.7 Å². The molecule has 1 aliphatic rings. The Kier molecular flexibility index (Phi) is 5.72. The Bertz CT molecular complexity index is 1220. The van der Waals surface area contributed by atoms with Crippen LogP contribution < -0.4 is 21.3 Å². The minimum absolute atomic E-state index is 0.241. The number of amidine groups is 1. The number of hydrogen-bond donors (Lipinski definition) is 3. The van der Waals surface area contributed by atoms with Gasteiger partial charge in [-0.25, -0.2) is 9.51 Å². The fourth-order valence-electron chi connectivity index (χ4n) is 4.42. The summed E-state index contributed by atoms with van der Waals surface area (Å²) in [4.78, 5) is 11.3. The number of aryl methyl sites for hydroxylation is 2. The zero-order chi connectivity index (χ0) is 23.0. The molecule has 1 fully saturated rings. The number of benzene rings is 1. The Labute approximate surface area is 188 Å². The number of anilines is 2. The second-order valence-electron chi connectivity index (χ2n) is 8.45. The van der Waals surface area contributed by atoms with Crippen molar-refractivity contribution in [2.45, 2.75) is 39.8 Å². The third-order valence-corrected chi connectivity index (χ3v) is 5.67. The topological polar surface area (TPSA) is 120 Å². The molecule has 32 heavy (non-hydrogen) atoms. The van der Waals surface area contributed by atoms with Gasteiger partial charge in [-0.3, -0.25) is 4.98 Å². The number of nitriles is 1. The molecule has 4 N–H and O–H groups in total. The van der Waals surface area contributed by atoms with E-state index in [0.29, 0.717) is 29.0 Å². The van der Waals surface area contributed by atoms with Crippen LogP contribution in [0.4, 0.5) is 17.2 Å². The number of aliphatic imine (C=N–C) groups is 1. The quantitative estimate of drug-likeness (QED) is 0.429. The van der Waals surface area contributed by atoms with Gasteiger partial charge in [-0.2, -0.15) is 5.26 Å². The summed E-state index contributed by atoms with van der Waals surface area (Å²) in [6.07, 6.45) is 1.85. The van der Waals surface area contributed by atoms with Crippen LogP contribution >= 0.6 is 0 Å². The molecule has 9 heteroatoms. The predicted molar refractivity (Wildman–Crippen MR) is 128 cm³/mol. The number of nitrogens with zero attached hydrogens (tertiary/aromatic N) is 6. The van der Waals surface area contributed by atoms with E-state index in [1.165, 1.54) is 0 Å². The molecule has 1 aliphatic heterocycles. The van der Waals surface area contributed by atoms with Crippen LogP contribution in [0, 0.1) is 25.2 Å². The first-order chi connectivity index (χ1) is 15.3. The molecule has 3 aromatic rings. The lowest BCUT2D eigenvalue weighted by atomic mass is 10.0. The van der Waals surface area contributed by atoms with Crippen molar-refractivity contribution in [2.75, 3.05) is 30.4 Å². The fraction of sp³-hybridized carbons (Fsp3) is 0.391. The molecule has 0 radical (unpaired) electrons. The van der Waals surface area contributed by atoms with Crippen LogP contribution in [0.1, 0.15) is 36.4 Å². The summed E-state index contributed by atoms with van der Waals surface area (Å²) in [6.45, 7) is 9.93. The molecule has 0 spiro atoms. The number of piperazine rings is 1. The van der Waals surface area contributed by atoms with Gasteiger partial charge < -0.3 is 21.3 Å². The SMILES string of the molecule is CNc1cc(N2CC(C)NC(C)C2)cc(C#N)c1C(N)=Nc1cc2c(C)nc(C)cn2n1. The maximum Gasteiger partial charge on any atom is 0.177 e. The Balaban J connectivity index is 1.75. The highest BCUT2D eigenvalue weighted by Gasteiger charge is 2.23. The molecular weight excluding hydrogens is 402 g/mol. The van der Waals surface area contributed by atoms with Crippen LogP contribution in [0.2, 0.25) is 0 Å². The number of nitrogens with one attached hydrogen (secondary N) is 2. The fourth-order valence-corrected chi connectivity index (χ4v) is 4.42. The van der Waals surface area contributed by atoms with Gasteiger partial charge >= 0.3 is 0 Å². The molecule has 0 saturated carbocycles. The average Bonchev–Trinajstić information content (AvgIpc) is 3.14. The van der Waals surface area contributed by atoms with Crippen molar-refractivity contribution in [2.24, 2.45) is 10.7 Å². The van der Waals surface area contributed by atoms with Crippen LogP contribution in [-0.4, -0.2) is 52.7 Å². The van der Waals surface area contributed by atoms with Gasteiger partial charge in [0.05, 0.1) is 34.2 Å². The Hall–Kier alpha value is -3.64. The molecule has 166 valence electrons. The van der Waals surface area contributed by atoms with E-state index < -0.39 is 0 Å². The second kappa shape index (κ2) is 8.48. The normalized spacial score (nSPS) is 19.2. The number of rotatable bonds is 4.